The van der Waals surface area contributed by atoms with Crippen molar-refractivity contribution < 1.29 is 49.4 Å². The fourth-order valence-electron chi connectivity index (χ4n) is 3.59. The van der Waals surface area contributed by atoms with E-state index in [0.717, 1.165) is 5.39 Å². The molecule has 0 aliphatic carbocycles. The van der Waals surface area contributed by atoms with Crippen molar-refractivity contribution in [2.45, 2.75) is 0 Å². The van der Waals surface area contributed by atoms with E-state index in [9.17, 15) is 5.11 Å². The maximum atomic E-state index is 11.9. The Bertz CT molecular complexity index is 1350. The molecule has 0 saturated carbocycles. The van der Waals surface area contributed by atoms with Crippen molar-refractivity contribution in [1.82, 2.24) is 0 Å². The van der Waals surface area contributed by atoms with Gasteiger partial charge in [-0.1, -0.05) is 127 Å². The third-order valence-corrected chi connectivity index (χ3v) is 7.68. The summed E-state index contributed by atoms with van der Waals surface area (Å²) in [6, 6.07) is 43.0. The third kappa shape index (κ3) is 8.94. The van der Waals surface area contributed by atoms with E-state index < -0.39 is 7.92 Å². The van der Waals surface area contributed by atoms with Crippen LogP contribution in [-0.2, 0) is 19.5 Å². The normalized spacial score (nSPS) is 9.92. The molecule has 4 nitrogen and oxygen atoms in total. The van der Waals surface area contributed by atoms with Crippen molar-refractivity contribution in [3.05, 3.63) is 127 Å². The summed E-state index contributed by atoms with van der Waals surface area (Å²) in [5, 5.41) is 24.7. The predicted octanol–water partition coefficient (Wildman–Crippen LogP) is -0.309. The number of fused-ring (bicyclic) bond motifs is 1. The topological polar surface area (TPSA) is 73.8 Å². The van der Waals surface area contributed by atoms with Gasteiger partial charge in [-0.2, -0.15) is 0 Å². The van der Waals surface area contributed by atoms with Crippen LogP contribution in [0.4, 0.5) is 5.69 Å². The molecule has 5 rings (SSSR count). The predicted molar refractivity (Wildman–Crippen MR) is 150 cm³/mol. The summed E-state index contributed by atoms with van der Waals surface area (Å²) in [6.45, 7) is 0. The Labute approximate surface area is 254 Å². The smallest absolute Gasteiger partial charge is 1.00 e. The summed E-state index contributed by atoms with van der Waals surface area (Å²) >= 11 is 4.55. The molecule has 0 amide bonds. The first-order chi connectivity index (χ1) is 17.1. The fourth-order valence-corrected chi connectivity index (χ4v) is 5.94. The van der Waals surface area contributed by atoms with Gasteiger partial charge >= 0.3 is 19.5 Å². The Balaban J connectivity index is 0.000000357. The second kappa shape index (κ2) is 17.0. The molecule has 0 fully saturated rings. The van der Waals surface area contributed by atoms with Gasteiger partial charge in [-0.15, -0.1) is 10.2 Å². The zero-order valence-electron chi connectivity index (χ0n) is 20.0. The van der Waals surface area contributed by atoms with E-state index in [4.69, 9.17) is 5.73 Å². The molecular formula is C29H23Cl2N3OPRuS. The Morgan fingerprint density at radius 3 is 1.50 bits per heavy atom. The standard InChI is InChI=1S/C18H15P.C11H9N3OS.2ClH.Ru/c1-4-10-16(11-5-1)19(17-12-6-2-7-13-17)18-14-8-3-9-15-18;12-11(16)14-13-9-6-5-7-3-1-2-4-8(7)10(9)15;;;/h1-15H;1-6,15H,(H2,12,16);2*1H;/q;;;;+3/p-3. The zero-order chi connectivity index (χ0) is 24.5. The Morgan fingerprint density at radius 1 is 0.632 bits per heavy atom. The largest absolute Gasteiger partial charge is 3.00 e. The van der Waals surface area contributed by atoms with Gasteiger partial charge in [0.15, 0.2) is 0 Å². The summed E-state index contributed by atoms with van der Waals surface area (Å²) in [5.74, 6) is -0.168. The van der Waals surface area contributed by atoms with Crippen LogP contribution in [-0.4, -0.2) is 5.11 Å². The molecule has 1 radical (unpaired) electrons. The quantitative estimate of drug-likeness (QED) is 0.124. The first kappa shape index (κ1) is 33.3. The molecule has 5 aromatic carbocycles. The van der Waals surface area contributed by atoms with Gasteiger partial charge in [0.2, 0.25) is 5.11 Å². The molecule has 0 aliphatic heterocycles. The summed E-state index contributed by atoms with van der Waals surface area (Å²) < 4.78 is 0. The second-order valence-corrected chi connectivity index (χ2v) is 10.2. The summed E-state index contributed by atoms with van der Waals surface area (Å²) in [6.07, 6.45) is 0. The van der Waals surface area contributed by atoms with Gasteiger partial charge in [-0.25, -0.2) is 0 Å². The van der Waals surface area contributed by atoms with E-state index in [1.165, 1.54) is 15.9 Å². The van der Waals surface area contributed by atoms with Crippen LogP contribution in [0.15, 0.2) is 138 Å². The minimum Gasteiger partial charge on any atom is -1.00 e. The van der Waals surface area contributed by atoms with Crippen molar-refractivity contribution in [3.8, 4) is 5.75 Å². The van der Waals surface area contributed by atoms with Crippen molar-refractivity contribution in [3.63, 3.8) is 0 Å². The van der Waals surface area contributed by atoms with E-state index in [1.54, 1.807) is 18.2 Å². The number of azo groups is 1. The monoisotopic (exact) mass is 664 g/mol. The Kier molecular flexibility index (Phi) is 14.9. The molecular weight excluding hydrogens is 641 g/mol. The zero-order valence-corrected chi connectivity index (χ0v) is 24.9. The number of halogens is 2. The number of nitrogens with zero attached hydrogens (tertiary/aromatic N) is 2. The van der Waals surface area contributed by atoms with Crippen LogP contribution in [0.2, 0.25) is 0 Å². The van der Waals surface area contributed by atoms with E-state index in [0.29, 0.717) is 5.39 Å². The molecule has 38 heavy (non-hydrogen) atoms. The average molecular weight is 665 g/mol. The summed E-state index contributed by atoms with van der Waals surface area (Å²) in [4.78, 5) is 0. The van der Waals surface area contributed by atoms with Crippen molar-refractivity contribution in [2.24, 2.45) is 16.0 Å². The van der Waals surface area contributed by atoms with Crippen LogP contribution in [0.5, 0.6) is 5.75 Å². The number of rotatable bonds is 4. The molecule has 193 valence electrons. The van der Waals surface area contributed by atoms with Crippen LogP contribution in [0, 0.1) is 0 Å². The molecule has 0 atom stereocenters. The van der Waals surface area contributed by atoms with E-state index >= 15 is 0 Å². The molecule has 0 heterocycles. The number of nitrogens with two attached hydrogens (primary N) is 1. The minimum absolute atomic E-state index is 0. The van der Waals surface area contributed by atoms with Gasteiger partial charge in [-0.05, 0) is 52.9 Å². The van der Waals surface area contributed by atoms with Crippen molar-refractivity contribution in [1.29, 1.82) is 0 Å². The number of benzene rings is 5. The van der Waals surface area contributed by atoms with Gasteiger partial charge < -0.3 is 35.7 Å². The van der Waals surface area contributed by atoms with Gasteiger partial charge in [0.1, 0.15) is 0 Å². The summed E-state index contributed by atoms with van der Waals surface area (Å²) in [7, 11) is -0.446. The van der Waals surface area contributed by atoms with Gasteiger partial charge in [0.05, 0.1) is 5.69 Å². The molecule has 0 unspecified atom stereocenters. The maximum absolute atomic E-state index is 11.9. The molecule has 0 aromatic heterocycles. The third-order valence-electron chi connectivity index (χ3n) is 5.16. The molecule has 2 N–H and O–H groups in total. The molecule has 0 aliphatic rings. The van der Waals surface area contributed by atoms with E-state index in [-0.39, 0.29) is 60.8 Å². The fraction of sp³-hybridized carbons (Fsp3) is 0. The molecule has 5 aromatic rings. The van der Waals surface area contributed by atoms with E-state index in [2.05, 4.69) is 113 Å². The van der Waals surface area contributed by atoms with Crippen LogP contribution in [0.1, 0.15) is 0 Å². The van der Waals surface area contributed by atoms with Gasteiger partial charge in [0.25, 0.3) is 0 Å². The van der Waals surface area contributed by atoms with Crippen molar-refractivity contribution in [2.75, 3.05) is 0 Å². The SMILES string of the molecule is NC(=S)N=Nc1ccc2ccccc2c1[O-].[Cl-].[Cl-].[Ru+3].c1ccc(P(c2ccccc2)c2ccccc2)cc1. The molecule has 0 bridgehead atoms. The van der Waals surface area contributed by atoms with Crippen molar-refractivity contribution >= 4 is 57.6 Å². The average Bonchev–Trinajstić information content (AvgIpc) is 2.91. The van der Waals surface area contributed by atoms with Gasteiger partial charge in [0, 0.05) is 0 Å². The molecule has 0 spiro atoms. The second-order valence-electron chi connectivity index (χ2n) is 7.52. The van der Waals surface area contributed by atoms with E-state index in [1.807, 2.05) is 18.2 Å². The first-order valence-electron chi connectivity index (χ1n) is 11.0. The number of thiocarbonyl (C=S) groups is 1. The van der Waals surface area contributed by atoms with Crippen LogP contribution in [0.25, 0.3) is 10.8 Å². The maximum Gasteiger partial charge on any atom is 3.00 e. The van der Waals surface area contributed by atoms with Gasteiger partial charge in [-0.3, -0.25) is 0 Å². The Morgan fingerprint density at radius 2 is 1.05 bits per heavy atom. The number of hydrogen-bond acceptors (Lipinski definition) is 3. The van der Waals surface area contributed by atoms with Crippen LogP contribution < -0.4 is 51.6 Å². The molecule has 9 heteroatoms. The number of hydrogen-bond donors (Lipinski definition) is 1. The minimum atomic E-state index is -0.446. The Hall–Kier alpha value is -2.72. The first-order valence-corrected chi connectivity index (χ1v) is 12.7. The van der Waals surface area contributed by atoms with Crippen LogP contribution >= 0.6 is 20.1 Å². The van der Waals surface area contributed by atoms with Crippen LogP contribution in [0.3, 0.4) is 0 Å². The molecule has 0 saturated heterocycles. The summed E-state index contributed by atoms with van der Waals surface area (Å²) in [5.41, 5.74) is 5.41.